The monoisotopic (exact) mass is 254 g/mol. The molecule has 1 aliphatic rings. The second kappa shape index (κ2) is 5.07. The van der Waals surface area contributed by atoms with Gasteiger partial charge in [0.1, 0.15) is 5.78 Å². The molecule has 3 heteroatoms. The van der Waals surface area contributed by atoms with Gasteiger partial charge in [-0.15, -0.1) is 6.58 Å². The van der Waals surface area contributed by atoms with Crippen LogP contribution in [0.25, 0.3) is 0 Å². The van der Waals surface area contributed by atoms with Crippen molar-refractivity contribution in [2.45, 2.75) is 51.7 Å². The summed E-state index contributed by atoms with van der Waals surface area (Å²) in [6.45, 7) is 15.6. The highest BCUT2D eigenvalue weighted by molar-refractivity contribution is 6.74. The fraction of sp³-hybridized carbons (Fsp3) is 0.786. The van der Waals surface area contributed by atoms with Crippen LogP contribution >= 0.6 is 0 Å². The van der Waals surface area contributed by atoms with E-state index >= 15 is 0 Å². The summed E-state index contributed by atoms with van der Waals surface area (Å²) in [6.07, 6.45) is 3.23. The van der Waals surface area contributed by atoms with E-state index in [1.54, 1.807) is 6.08 Å². The first-order valence-electron chi connectivity index (χ1n) is 6.46. The predicted octanol–water partition coefficient (Wildman–Crippen LogP) is 3.79. The van der Waals surface area contributed by atoms with Crippen molar-refractivity contribution in [1.82, 2.24) is 0 Å². The molecule has 1 rings (SSSR count). The van der Waals surface area contributed by atoms with E-state index in [4.69, 9.17) is 4.43 Å². The maximum Gasteiger partial charge on any atom is 0.191 e. The Hall–Kier alpha value is -0.413. The van der Waals surface area contributed by atoms with Crippen molar-refractivity contribution >= 4 is 14.1 Å². The summed E-state index contributed by atoms with van der Waals surface area (Å²) in [4.78, 5) is 11.6. The zero-order valence-corrected chi connectivity index (χ0v) is 12.9. The molecule has 98 valence electrons. The number of carbonyl (C=O) groups excluding carboxylic acids is 1. The zero-order valence-electron chi connectivity index (χ0n) is 11.9. The first kappa shape index (κ1) is 14.6. The highest BCUT2D eigenvalue weighted by atomic mass is 28.4. The maximum atomic E-state index is 11.6. The van der Waals surface area contributed by atoms with E-state index in [0.29, 0.717) is 18.1 Å². The number of allylic oxidation sites excluding steroid dienone is 1. The molecule has 1 saturated carbocycles. The molecule has 0 aromatic rings. The molecule has 1 fully saturated rings. The SMILES string of the molecule is C=CCC(=O)[C@@H]1C[C@H]1CO[Si](C)(C)C(C)(C)C. The van der Waals surface area contributed by atoms with Crippen molar-refractivity contribution in [3.05, 3.63) is 12.7 Å². The Bertz CT molecular complexity index is 302. The standard InChI is InChI=1S/C14H26O2Si/c1-7-8-13(15)12-9-11(12)10-16-17(5,6)14(2,3)4/h7,11-12H,1,8-10H2,2-6H3/t11-,12+/m0/s1. The zero-order chi connectivity index (χ0) is 13.3. The van der Waals surface area contributed by atoms with E-state index in [1.165, 1.54) is 0 Å². The van der Waals surface area contributed by atoms with E-state index in [-0.39, 0.29) is 11.0 Å². The quantitative estimate of drug-likeness (QED) is 0.532. The van der Waals surface area contributed by atoms with Gasteiger partial charge in [-0.25, -0.2) is 0 Å². The molecule has 2 nitrogen and oxygen atoms in total. The minimum absolute atomic E-state index is 0.248. The van der Waals surface area contributed by atoms with Crippen molar-refractivity contribution in [2.24, 2.45) is 11.8 Å². The molecule has 0 aliphatic heterocycles. The Morgan fingerprint density at radius 3 is 2.53 bits per heavy atom. The summed E-state index contributed by atoms with van der Waals surface area (Å²) in [5.74, 6) is 1.05. The molecular weight excluding hydrogens is 228 g/mol. The van der Waals surface area contributed by atoms with E-state index in [1.807, 2.05) is 0 Å². The van der Waals surface area contributed by atoms with Gasteiger partial charge in [0.2, 0.25) is 0 Å². The van der Waals surface area contributed by atoms with Crippen LogP contribution in [0.5, 0.6) is 0 Å². The molecule has 0 spiro atoms. The van der Waals surface area contributed by atoms with E-state index in [9.17, 15) is 4.79 Å². The van der Waals surface area contributed by atoms with Crippen LogP contribution in [-0.2, 0) is 9.22 Å². The summed E-state index contributed by atoms with van der Waals surface area (Å²) in [5, 5.41) is 0.252. The third-order valence-electron chi connectivity index (χ3n) is 4.15. The van der Waals surface area contributed by atoms with Gasteiger partial charge in [0.05, 0.1) is 0 Å². The Labute approximate surface area is 107 Å². The first-order valence-corrected chi connectivity index (χ1v) is 9.37. The van der Waals surface area contributed by atoms with Gasteiger partial charge in [-0.1, -0.05) is 26.8 Å². The second-order valence-electron chi connectivity index (χ2n) is 6.63. The van der Waals surface area contributed by atoms with Crippen LogP contribution in [0, 0.1) is 11.8 Å². The van der Waals surface area contributed by atoms with Gasteiger partial charge >= 0.3 is 0 Å². The summed E-state index contributed by atoms with van der Waals surface area (Å²) in [6, 6.07) is 0. The lowest BCUT2D eigenvalue weighted by atomic mass is 10.1. The van der Waals surface area contributed by atoms with Crippen LogP contribution in [0.3, 0.4) is 0 Å². The van der Waals surface area contributed by atoms with E-state index in [2.05, 4.69) is 40.4 Å². The molecule has 0 heterocycles. The molecule has 1 aliphatic carbocycles. The van der Waals surface area contributed by atoms with Crippen molar-refractivity contribution in [2.75, 3.05) is 6.61 Å². The Morgan fingerprint density at radius 2 is 2.06 bits per heavy atom. The molecule has 0 N–H and O–H groups in total. The van der Waals surface area contributed by atoms with Gasteiger partial charge in [-0.3, -0.25) is 4.79 Å². The fourth-order valence-electron chi connectivity index (χ4n) is 1.65. The van der Waals surface area contributed by atoms with Crippen LogP contribution in [0.15, 0.2) is 12.7 Å². The minimum Gasteiger partial charge on any atom is -0.417 e. The van der Waals surface area contributed by atoms with E-state index < -0.39 is 8.32 Å². The second-order valence-corrected chi connectivity index (χ2v) is 11.4. The topological polar surface area (TPSA) is 26.3 Å². The number of hydrogen-bond donors (Lipinski definition) is 0. The summed E-state index contributed by atoms with van der Waals surface area (Å²) in [5.41, 5.74) is 0. The van der Waals surface area contributed by atoms with Gasteiger partial charge < -0.3 is 4.43 Å². The number of Topliss-reactive ketones (excluding diaryl/α,β-unsaturated/α-hetero) is 1. The molecule has 17 heavy (non-hydrogen) atoms. The van der Waals surface area contributed by atoms with Crippen molar-refractivity contribution in [1.29, 1.82) is 0 Å². The van der Waals surface area contributed by atoms with E-state index in [0.717, 1.165) is 13.0 Å². The fourth-order valence-corrected chi connectivity index (χ4v) is 2.72. The van der Waals surface area contributed by atoms with Gasteiger partial charge in [0.25, 0.3) is 0 Å². The molecule has 2 atom stereocenters. The van der Waals surface area contributed by atoms with Crippen LogP contribution in [0.1, 0.15) is 33.6 Å². The predicted molar refractivity (Wildman–Crippen MR) is 74.6 cm³/mol. The third-order valence-corrected chi connectivity index (χ3v) is 8.65. The van der Waals surface area contributed by atoms with Crippen LogP contribution < -0.4 is 0 Å². The molecule has 0 aromatic carbocycles. The highest BCUT2D eigenvalue weighted by Crippen LogP contribution is 2.43. The van der Waals surface area contributed by atoms with Crippen LogP contribution in [0.4, 0.5) is 0 Å². The largest absolute Gasteiger partial charge is 0.417 e. The molecule has 0 amide bonds. The summed E-state index contributed by atoms with van der Waals surface area (Å²) in [7, 11) is -1.64. The van der Waals surface area contributed by atoms with Crippen LogP contribution in [-0.4, -0.2) is 20.7 Å². The summed E-state index contributed by atoms with van der Waals surface area (Å²) < 4.78 is 6.14. The molecular formula is C14H26O2Si. The van der Waals surface area contributed by atoms with Gasteiger partial charge in [0, 0.05) is 18.9 Å². The van der Waals surface area contributed by atoms with Gasteiger partial charge in [-0.05, 0) is 30.5 Å². The Kier molecular flexibility index (Phi) is 4.36. The molecule has 0 radical (unpaired) electrons. The lowest BCUT2D eigenvalue weighted by Gasteiger charge is -2.36. The molecule has 0 aromatic heterocycles. The minimum atomic E-state index is -1.64. The summed E-state index contributed by atoms with van der Waals surface area (Å²) >= 11 is 0. The average Bonchev–Trinajstić information content (AvgIpc) is 2.92. The van der Waals surface area contributed by atoms with Crippen molar-refractivity contribution in [3.8, 4) is 0 Å². The molecule has 0 unspecified atom stereocenters. The molecule has 0 saturated heterocycles. The maximum absolute atomic E-state index is 11.6. The highest BCUT2D eigenvalue weighted by Gasteiger charge is 2.44. The number of hydrogen-bond acceptors (Lipinski definition) is 2. The number of ketones is 1. The normalized spacial score (nSPS) is 24.5. The van der Waals surface area contributed by atoms with Gasteiger partial charge in [-0.2, -0.15) is 0 Å². The van der Waals surface area contributed by atoms with Crippen molar-refractivity contribution in [3.63, 3.8) is 0 Å². The Morgan fingerprint density at radius 1 is 1.47 bits per heavy atom. The lowest BCUT2D eigenvalue weighted by Crippen LogP contribution is -2.41. The first-order chi connectivity index (χ1) is 7.69. The third kappa shape index (κ3) is 3.78. The average molecular weight is 254 g/mol. The number of carbonyl (C=O) groups is 1. The Balaban J connectivity index is 2.35. The number of rotatable bonds is 6. The van der Waals surface area contributed by atoms with Gasteiger partial charge in [0.15, 0.2) is 8.32 Å². The molecule has 0 bridgehead atoms. The van der Waals surface area contributed by atoms with Crippen LogP contribution in [0.2, 0.25) is 18.1 Å². The lowest BCUT2D eigenvalue weighted by molar-refractivity contribution is -0.119. The smallest absolute Gasteiger partial charge is 0.191 e. The van der Waals surface area contributed by atoms with Crippen molar-refractivity contribution < 1.29 is 9.22 Å².